The van der Waals surface area contributed by atoms with Gasteiger partial charge in [-0.25, -0.2) is 8.78 Å². The summed E-state index contributed by atoms with van der Waals surface area (Å²) < 4.78 is 38.2. The van der Waals surface area contributed by atoms with Crippen molar-refractivity contribution < 1.29 is 18.1 Å². The Morgan fingerprint density at radius 1 is 1.11 bits per heavy atom. The SMILES string of the molecule is CC1(C)OB(c2cc(F)c(F)c(C#N)c2)OC1(C)C. The predicted molar refractivity (Wildman–Crippen MR) is 66.8 cm³/mol. The van der Waals surface area contributed by atoms with Gasteiger partial charge in [-0.05, 0) is 45.3 Å². The molecule has 19 heavy (non-hydrogen) atoms. The van der Waals surface area contributed by atoms with Crippen LogP contribution in [0.1, 0.15) is 33.3 Å². The first-order valence-electron chi connectivity index (χ1n) is 5.92. The van der Waals surface area contributed by atoms with Crippen LogP contribution in [0.5, 0.6) is 0 Å². The van der Waals surface area contributed by atoms with E-state index in [1.807, 2.05) is 27.7 Å². The van der Waals surface area contributed by atoms with Crippen LogP contribution in [0.25, 0.3) is 0 Å². The van der Waals surface area contributed by atoms with Gasteiger partial charge in [0.2, 0.25) is 0 Å². The van der Waals surface area contributed by atoms with Gasteiger partial charge in [0.1, 0.15) is 6.07 Å². The molecule has 0 atom stereocenters. The largest absolute Gasteiger partial charge is 0.494 e. The lowest BCUT2D eigenvalue weighted by atomic mass is 9.78. The minimum absolute atomic E-state index is 0.300. The van der Waals surface area contributed by atoms with Gasteiger partial charge >= 0.3 is 7.12 Å². The molecule has 2 rings (SSSR count). The topological polar surface area (TPSA) is 42.2 Å². The molecular weight excluding hydrogens is 251 g/mol. The maximum absolute atomic E-state index is 13.4. The van der Waals surface area contributed by atoms with Gasteiger partial charge in [-0.2, -0.15) is 5.26 Å². The zero-order valence-electron chi connectivity index (χ0n) is 11.3. The van der Waals surface area contributed by atoms with Crippen LogP contribution in [-0.2, 0) is 9.31 Å². The molecule has 0 aromatic heterocycles. The molecule has 1 fully saturated rings. The standard InChI is InChI=1S/C13H14BF2NO2/c1-12(2)13(3,4)19-14(18-12)9-5-8(7-17)11(16)10(15)6-9/h5-6H,1-4H3. The minimum atomic E-state index is -1.15. The summed E-state index contributed by atoms with van der Waals surface area (Å²) in [5, 5.41) is 8.78. The van der Waals surface area contributed by atoms with Crippen molar-refractivity contribution in [3.8, 4) is 6.07 Å². The third-order valence-corrected chi connectivity index (χ3v) is 3.70. The van der Waals surface area contributed by atoms with Crippen LogP contribution in [0.15, 0.2) is 12.1 Å². The number of hydrogen-bond donors (Lipinski definition) is 0. The van der Waals surface area contributed by atoms with E-state index in [9.17, 15) is 8.78 Å². The summed E-state index contributed by atoms with van der Waals surface area (Å²) in [6, 6.07) is 3.86. The molecule has 0 bridgehead atoms. The average Bonchev–Trinajstić information content (AvgIpc) is 2.52. The van der Waals surface area contributed by atoms with Gasteiger partial charge in [-0.15, -0.1) is 0 Å². The van der Waals surface area contributed by atoms with Gasteiger partial charge in [-0.3, -0.25) is 0 Å². The lowest BCUT2D eigenvalue weighted by molar-refractivity contribution is 0.00578. The second-order valence-corrected chi connectivity index (χ2v) is 5.56. The van der Waals surface area contributed by atoms with Crippen molar-refractivity contribution in [1.82, 2.24) is 0 Å². The molecule has 0 radical (unpaired) electrons. The Kier molecular flexibility index (Phi) is 3.16. The van der Waals surface area contributed by atoms with Gasteiger partial charge < -0.3 is 9.31 Å². The van der Waals surface area contributed by atoms with Crippen molar-refractivity contribution in [2.45, 2.75) is 38.9 Å². The van der Waals surface area contributed by atoms with Crippen molar-refractivity contribution in [3.05, 3.63) is 29.3 Å². The number of hydrogen-bond acceptors (Lipinski definition) is 3. The summed E-state index contributed by atoms with van der Waals surface area (Å²) in [6.45, 7) is 7.44. The number of nitrogens with zero attached hydrogens (tertiary/aromatic N) is 1. The molecule has 0 aliphatic carbocycles. The summed E-state index contributed by atoms with van der Waals surface area (Å²) in [5.74, 6) is -2.23. The summed E-state index contributed by atoms with van der Waals surface area (Å²) in [6.07, 6.45) is 0. The van der Waals surface area contributed by atoms with E-state index < -0.39 is 30.0 Å². The van der Waals surface area contributed by atoms with Crippen molar-refractivity contribution >= 4 is 12.6 Å². The normalized spacial score (nSPS) is 20.4. The zero-order chi connectivity index (χ0) is 14.4. The second kappa shape index (κ2) is 4.29. The minimum Gasteiger partial charge on any atom is -0.399 e. The third kappa shape index (κ3) is 2.24. The zero-order valence-corrected chi connectivity index (χ0v) is 11.3. The molecule has 0 saturated carbocycles. The molecule has 0 N–H and O–H groups in total. The fourth-order valence-corrected chi connectivity index (χ4v) is 1.81. The van der Waals surface area contributed by atoms with Gasteiger partial charge in [-0.1, -0.05) is 0 Å². The number of nitriles is 1. The summed E-state index contributed by atoms with van der Waals surface area (Å²) in [4.78, 5) is 0. The van der Waals surface area contributed by atoms with E-state index >= 15 is 0 Å². The highest BCUT2D eigenvalue weighted by atomic mass is 19.2. The molecule has 1 aliphatic rings. The van der Waals surface area contributed by atoms with Crippen molar-refractivity contribution in [2.24, 2.45) is 0 Å². The Morgan fingerprint density at radius 2 is 1.63 bits per heavy atom. The Labute approximate surface area is 111 Å². The highest BCUT2D eigenvalue weighted by molar-refractivity contribution is 6.62. The maximum Gasteiger partial charge on any atom is 0.494 e. The quantitative estimate of drug-likeness (QED) is 0.730. The third-order valence-electron chi connectivity index (χ3n) is 3.70. The van der Waals surface area contributed by atoms with Crippen molar-refractivity contribution in [3.63, 3.8) is 0 Å². The maximum atomic E-state index is 13.4. The molecule has 1 aliphatic heterocycles. The van der Waals surface area contributed by atoms with Gasteiger partial charge in [0.15, 0.2) is 11.6 Å². The van der Waals surface area contributed by atoms with E-state index in [0.717, 1.165) is 6.07 Å². The molecule has 1 aromatic carbocycles. The predicted octanol–water partition coefficient (Wildman–Crippen LogP) is 2.14. The molecule has 1 heterocycles. The molecule has 100 valence electrons. The summed E-state index contributed by atoms with van der Waals surface area (Å²) in [5.41, 5.74) is -1.20. The van der Waals surface area contributed by atoms with Gasteiger partial charge in [0.25, 0.3) is 0 Å². The van der Waals surface area contributed by atoms with E-state index in [0.29, 0.717) is 5.46 Å². The van der Waals surface area contributed by atoms with Crippen molar-refractivity contribution in [2.75, 3.05) is 0 Å². The highest BCUT2D eigenvalue weighted by Gasteiger charge is 2.51. The molecule has 1 aromatic rings. The molecule has 0 amide bonds. The van der Waals surface area contributed by atoms with Crippen LogP contribution < -0.4 is 5.46 Å². The number of benzene rings is 1. The summed E-state index contributed by atoms with van der Waals surface area (Å²) in [7, 11) is -0.813. The van der Waals surface area contributed by atoms with E-state index in [4.69, 9.17) is 14.6 Å². The lowest BCUT2D eigenvalue weighted by Crippen LogP contribution is -2.41. The Bertz CT molecular complexity index is 550. The van der Waals surface area contributed by atoms with Crippen molar-refractivity contribution in [1.29, 1.82) is 5.26 Å². The van der Waals surface area contributed by atoms with Gasteiger partial charge in [0.05, 0.1) is 16.8 Å². The monoisotopic (exact) mass is 265 g/mol. The molecule has 1 saturated heterocycles. The summed E-state index contributed by atoms with van der Waals surface area (Å²) >= 11 is 0. The fraction of sp³-hybridized carbons (Fsp3) is 0.462. The first kappa shape index (κ1) is 14.0. The second-order valence-electron chi connectivity index (χ2n) is 5.56. The van der Waals surface area contributed by atoms with Gasteiger partial charge in [0, 0.05) is 0 Å². The molecule has 0 spiro atoms. The fourth-order valence-electron chi connectivity index (χ4n) is 1.81. The molecule has 0 unspecified atom stereocenters. The number of rotatable bonds is 1. The van der Waals surface area contributed by atoms with Crippen LogP contribution in [0, 0.1) is 23.0 Å². The molecule has 6 heteroatoms. The average molecular weight is 265 g/mol. The smallest absolute Gasteiger partial charge is 0.399 e. The van der Waals surface area contributed by atoms with Crippen LogP contribution in [0.2, 0.25) is 0 Å². The van der Waals surface area contributed by atoms with E-state index in [-0.39, 0.29) is 5.56 Å². The van der Waals surface area contributed by atoms with Crippen LogP contribution in [0.4, 0.5) is 8.78 Å². The Balaban J connectivity index is 2.41. The lowest BCUT2D eigenvalue weighted by Gasteiger charge is -2.32. The Hall–Kier alpha value is -1.45. The van der Waals surface area contributed by atoms with E-state index in [1.165, 1.54) is 6.07 Å². The first-order chi connectivity index (χ1) is 8.68. The Morgan fingerprint density at radius 3 is 2.11 bits per heavy atom. The molecule has 3 nitrogen and oxygen atoms in total. The van der Waals surface area contributed by atoms with Crippen LogP contribution in [-0.4, -0.2) is 18.3 Å². The highest BCUT2D eigenvalue weighted by Crippen LogP contribution is 2.36. The first-order valence-corrected chi connectivity index (χ1v) is 5.92. The number of halogens is 2. The van der Waals surface area contributed by atoms with E-state index in [1.54, 1.807) is 6.07 Å². The van der Waals surface area contributed by atoms with Crippen LogP contribution >= 0.6 is 0 Å². The molecular formula is C13H14BF2NO2. The van der Waals surface area contributed by atoms with Crippen LogP contribution in [0.3, 0.4) is 0 Å². The van der Waals surface area contributed by atoms with E-state index in [2.05, 4.69) is 0 Å².